The number of aliphatic hydroxyl groups excluding tert-OH is 2. The fourth-order valence-electron chi connectivity index (χ4n) is 11.0. The molecule has 1 heterocycles. The first-order valence-electron chi connectivity index (χ1n) is 25.0. The maximum Gasteiger partial charge on any atom is 0.416 e. The van der Waals surface area contributed by atoms with Crippen LogP contribution >= 0.6 is 0 Å². The summed E-state index contributed by atoms with van der Waals surface area (Å²) in [5, 5.41) is 38.5. The highest BCUT2D eigenvalue weighted by atomic mass is 16.7. The molecule has 6 unspecified atom stereocenters. The van der Waals surface area contributed by atoms with Gasteiger partial charge in [-0.1, -0.05) is 115 Å². The number of carbonyl (C=O) groups is 1. The van der Waals surface area contributed by atoms with Crippen LogP contribution in [0.4, 0.5) is 10.5 Å². The lowest BCUT2D eigenvalue weighted by Gasteiger charge is -2.59. The van der Waals surface area contributed by atoms with Gasteiger partial charge in [0, 0.05) is 43.2 Å². The lowest BCUT2D eigenvalue weighted by Crippen LogP contribution is -2.70. The van der Waals surface area contributed by atoms with Crippen molar-refractivity contribution in [3.63, 3.8) is 0 Å². The number of benzene rings is 6. The van der Waals surface area contributed by atoms with Crippen LogP contribution in [0.3, 0.4) is 0 Å². The number of hydrogen-bond acceptors (Lipinski definition) is 11. The van der Waals surface area contributed by atoms with E-state index < -0.39 is 28.8 Å². The molecule has 13 nitrogen and oxygen atoms in total. The van der Waals surface area contributed by atoms with Gasteiger partial charge in [0.25, 0.3) is 5.69 Å². The van der Waals surface area contributed by atoms with E-state index in [2.05, 4.69) is 30.9 Å². The first kappa shape index (κ1) is 49.7. The van der Waals surface area contributed by atoms with E-state index in [1.165, 1.54) is 24.3 Å². The molecule has 0 radical (unpaired) electrons. The van der Waals surface area contributed by atoms with Gasteiger partial charge in [0.05, 0.1) is 29.7 Å². The highest BCUT2D eigenvalue weighted by Crippen LogP contribution is 2.62. The zero-order chi connectivity index (χ0) is 50.0. The van der Waals surface area contributed by atoms with Crippen LogP contribution in [-0.4, -0.2) is 70.1 Å². The van der Waals surface area contributed by atoms with Gasteiger partial charge in [-0.15, -0.1) is 6.58 Å². The van der Waals surface area contributed by atoms with Gasteiger partial charge in [-0.2, -0.15) is 0 Å². The number of nitrogens with zero attached hydrogens (tertiary/aromatic N) is 3. The number of aliphatic hydroxyl groups is 2. The summed E-state index contributed by atoms with van der Waals surface area (Å²) in [7, 11) is 0. The van der Waals surface area contributed by atoms with Gasteiger partial charge in [0.1, 0.15) is 35.6 Å². The van der Waals surface area contributed by atoms with Crippen LogP contribution in [0.15, 0.2) is 169 Å². The Morgan fingerprint density at radius 3 is 2.28 bits per heavy atom. The minimum atomic E-state index is -1.58. The standard InChI is InChI=1S/C59H61N3O10/c1-3-35-68-59-55(61(39-44-20-14-19-42-17-8-9-21-49(42)44)58(65)71-47-29-25-45(26-30-47)62(66)67)38-53(60-69-4-2)51-36-43(18-10-12-33-63)50(22-11-13-34-64)56(57(51)59)52-37-48(31-32-54(52)72-59)70-46-27-23-41(24-28-46)40-15-6-5-7-16-40/h3,5-9,14-17,19-21,23-32,36-37,43,50,55-57,63-64H,1,4,10-13,18,22,33-35,38-39H2,2H3. The van der Waals surface area contributed by atoms with Gasteiger partial charge < -0.3 is 34.0 Å². The number of amides is 1. The van der Waals surface area contributed by atoms with Crippen molar-refractivity contribution >= 4 is 28.3 Å². The summed E-state index contributed by atoms with van der Waals surface area (Å²) in [6, 6.07) is 42.5. The molecule has 372 valence electrons. The fourth-order valence-corrected chi connectivity index (χ4v) is 11.0. The molecule has 13 heteroatoms. The summed E-state index contributed by atoms with van der Waals surface area (Å²) in [6.07, 6.45) is 7.74. The molecule has 1 saturated carbocycles. The Morgan fingerprint density at radius 2 is 1.54 bits per heavy atom. The lowest BCUT2D eigenvalue weighted by molar-refractivity contribution is -0.384. The monoisotopic (exact) mass is 971 g/mol. The number of nitro benzene ring substituents is 1. The fraction of sp³-hybridized carbons (Fsp3) is 0.322. The lowest BCUT2D eigenvalue weighted by atomic mass is 9.55. The second kappa shape index (κ2) is 22.8. The van der Waals surface area contributed by atoms with Gasteiger partial charge >= 0.3 is 6.09 Å². The van der Waals surface area contributed by atoms with E-state index in [1.54, 1.807) is 11.0 Å². The Hall–Kier alpha value is -7.32. The Balaban J connectivity index is 1.22. The second-order valence-corrected chi connectivity index (χ2v) is 18.6. The number of fused-ring (bicyclic) bond motifs is 3. The van der Waals surface area contributed by atoms with Crippen molar-refractivity contribution < 1.29 is 43.7 Å². The quantitative estimate of drug-likeness (QED) is 0.0307. The molecule has 9 rings (SSSR count). The third-order valence-corrected chi connectivity index (χ3v) is 14.2. The molecule has 1 fully saturated rings. The number of ether oxygens (including phenoxy) is 4. The minimum absolute atomic E-state index is 0.0203. The number of non-ortho nitro benzene ring substituents is 1. The third-order valence-electron chi connectivity index (χ3n) is 14.2. The van der Waals surface area contributed by atoms with Crippen molar-refractivity contribution in [3.8, 4) is 34.1 Å². The van der Waals surface area contributed by atoms with Gasteiger partial charge in [0.15, 0.2) is 0 Å². The molecule has 0 spiro atoms. The number of allylic oxidation sites excluding steroid dienone is 1. The summed E-state index contributed by atoms with van der Waals surface area (Å²) in [5.74, 6) is -0.500. The minimum Gasteiger partial charge on any atom is -0.459 e. The first-order chi connectivity index (χ1) is 35.2. The van der Waals surface area contributed by atoms with Gasteiger partial charge in [-0.3, -0.25) is 15.0 Å². The number of nitro groups is 1. The van der Waals surface area contributed by atoms with E-state index in [4.69, 9.17) is 28.9 Å². The molecule has 6 atom stereocenters. The van der Waals surface area contributed by atoms with Crippen LogP contribution in [-0.2, 0) is 16.1 Å². The molecule has 6 aromatic carbocycles. The summed E-state index contributed by atoms with van der Waals surface area (Å²) in [5.41, 5.74) is 5.32. The average molecular weight is 972 g/mol. The van der Waals surface area contributed by atoms with E-state index in [0.717, 1.165) is 64.3 Å². The van der Waals surface area contributed by atoms with Gasteiger partial charge in [-0.25, -0.2) is 4.79 Å². The number of hydrogen-bond donors (Lipinski definition) is 2. The van der Waals surface area contributed by atoms with E-state index in [9.17, 15) is 20.3 Å². The average Bonchev–Trinajstić information content (AvgIpc) is 3.40. The predicted molar refractivity (Wildman–Crippen MR) is 277 cm³/mol. The summed E-state index contributed by atoms with van der Waals surface area (Å²) >= 11 is 0. The van der Waals surface area contributed by atoms with Crippen LogP contribution in [0.5, 0.6) is 23.0 Å². The van der Waals surface area contributed by atoms with Gasteiger partial charge in [-0.05, 0) is 120 Å². The number of carbonyl (C=O) groups excluding carboxylic acids is 1. The Labute approximate surface area is 420 Å². The zero-order valence-electron chi connectivity index (χ0n) is 40.5. The van der Waals surface area contributed by atoms with Crippen molar-refractivity contribution in [3.05, 3.63) is 185 Å². The van der Waals surface area contributed by atoms with Crippen molar-refractivity contribution in [2.75, 3.05) is 26.4 Å². The molecule has 1 aliphatic heterocycles. The number of oxime groups is 1. The normalized spacial score (nSPS) is 21.4. The van der Waals surface area contributed by atoms with Crippen LogP contribution < -0.4 is 14.2 Å². The molecule has 0 aromatic heterocycles. The molecule has 0 bridgehead atoms. The maximum atomic E-state index is 15.3. The molecular weight excluding hydrogens is 911 g/mol. The molecule has 1 amide bonds. The largest absolute Gasteiger partial charge is 0.459 e. The second-order valence-electron chi connectivity index (χ2n) is 18.6. The van der Waals surface area contributed by atoms with Crippen molar-refractivity contribution in [2.24, 2.45) is 22.9 Å². The van der Waals surface area contributed by atoms with Crippen molar-refractivity contribution in [2.45, 2.75) is 76.2 Å². The molecule has 72 heavy (non-hydrogen) atoms. The Morgan fingerprint density at radius 1 is 0.847 bits per heavy atom. The third kappa shape index (κ3) is 10.5. The number of unbranched alkanes of at least 4 members (excludes halogenated alkanes) is 2. The topological polar surface area (TPSA) is 162 Å². The van der Waals surface area contributed by atoms with Crippen LogP contribution in [0, 0.1) is 27.9 Å². The van der Waals surface area contributed by atoms with Crippen molar-refractivity contribution in [1.29, 1.82) is 0 Å². The smallest absolute Gasteiger partial charge is 0.416 e. The van der Waals surface area contributed by atoms with Crippen LogP contribution in [0.25, 0.3) is 21.9 Å². The molecule has 0 saturated heterocycles. The van der Waals surface area contributed by atoms with Crippen LogP contribution in [0.2, 0.25) is 0 Å². The highest BCUT2D eigenvalue weighted by molar-refractivity contribution is 6.03. The molecular formula is C59H61N3O10. The van der Waals surface area contributed by atoms with Gasteiger partial charge in [0.2, 0.25) is 5.79 Å². The number of rotatable bonds is 21. The summed E-state index contributed by atoms with van der Waals surface area (Å²) < 4.78 is 27.6. The molecule has 6 aromatic rings. The predicted octanol–water partition coefficient (Wildman–Crippen LogP) is 12.6. The van der Waals surface area contributed by atoms with E-state index in [1.807, 2.05) is 104 Å². The van der Waals surface area contributed by atoms with E-state index in [0.29, 0.717) is 42.4 Å². The summed E-state index contributed by atoms with van der Waals surface area (Å²) in [6.45, 7) is 6.50. The molecule has 2 N–H and O–H groups in total. The van der Waals surface area contributed by atoms with Crippen LogP contribution in [0.1, 0.15) is 68.9 Å². The van der Waals surface area contributed by atoms with E-state index in [-0.39, 0.29) is 62.0 Å². The SMILES string of the molecule is C=CCOC12Oc3ccc(Oc4ccc(-c5ccccc5)cc4)cc3C3C(CCCCO)C(CCCCO)C=C(C(=NOCC)CC1N(Cc1cccc4ccccc14)C(=O)Oc1ccc([N+](=O)[O-])cc1)C32. The maximum absolute atomic E-state index is 15.3. The molecule has 2 aliphatic carbocycles. The Kier molecular flexibility index (Phi) is 15.7. The first-order valence-corrected chi connectivity index (χ1v) is 25.0. The Bertz CT molecular complexity index is 2900. The zero-order valence-corrected chi connectivity index (χ0v) is 40.5. The molecule has 3 aliphatic rings. The van der Waals surface area contributed by atoms with E-state index >= 15 is 4.79 Å². The highest BCUT2D eigenvalue weighted by Gasteiger charge is 2.66. The van der Waals surface area contributed by atoms with Crippen molar-refractivity contribution in [1.82, 2.24) is 4.90 Å². The summed E-state index contributed by atoms with van der Waals surface area (Å²) in [4.78, 5) is 34.1.